The third kappa shape index (κ3) is 1.86. The zero-order chi connectivity index (χ0) is 9.26. The van der Waals surface area contributed by atoms with Crippen molar-refractivity contribution in [2.24, 2.45) is 5.73 Å². The van der Waals surface area contributed by atoms with Gasteiger partial charge in [-0.15, -0.1) is 11.3 Å². The van der Waals surface area contributed by atoms with Gasteiger partial charge in [-0.2, -0.15) is 11.3 Å². The molecule has 0 unspecified atom stereocenters. The van der Waals surface area contributed by atoms with Gasteiger partial charge in [0.25, 0.3) is 0 Å². The van der Waals surface area contributed by atoms with Gasteiger partial charge in [0.2, 0.25) is 0 Å². The van der Waals surface area contributed by atoms with Gasteiger partial charge in [0.05, 0.1) is 0 Å². The first kappa shape index (κ1) is 9.40. The quantitative estimate of drug-likeness (QED) is 0.887. The summed E-state index contributed by atoms with van der Waals surface area (Å²) in [5, 5.41) is 6.35. The minimum absolute atomic E-state index is 0.623. The van der Waals surface area contributed by atoms with Crippen molar-refractivity contribution in [1.29, 1.82) is 0 Å². The predicted molar refractivity (Wildman–Crippen MR) is 63.2 cm³/mol. The average Bonchev–Trinajstić information content (AvgIpc) is 2.71. The molecule has 0 bridgehead atoms. The van der Waals surface area contributed by atoms with E-state index in [0.29, 0.717) is 6.54 Å². The summed E-state index contributed by atoms with van der Waals surface area (Å²) in [6.45, 7) is 0.623. The Morgan fingerprint density at radius 1 is 1.31 bits per heavy atom. The minimum atomic E-state index is 0.623. The van der Waals surface area contributed by atoms with Crippen LogP contribution in [0.2, 0.25) is 0 Å². The molecule has 4 heteroatoms. The maximum Gasteiger partial charge on any atom is 0.0368 e. The number of hydrogen-bond acceptors (Lipinski definition) is 3. The Kier molecular flexibility index (Phi) is 2.83. The summed E-state index contributed by atoms with van der Waals surface area (Å²) in [5.41, 5.74) is 8.03. The van der Waals surface area contributed by atoms with Crippen molar-refractivity contribution in [2.75, 3.05) is 0 Å². The lowest BCUT2D eigenvalue weighted by Gasteiger charge is -1.91. The summed E-state index contributed by atoms with van der Waals surface area (Å²) in [6.07, 6.45) is 0. The molecule has 0 spiro atoms. The lowest BCUT2D eigenvalue weighted by atomic mass is 10.2. The fourth-order valence-corrected chi connectivity index (χ4v) is 3.75. The molecule has 0 aliphatic carbocycles. The molecule has 2 heterocycles. The van der Waals surface area contributed by atoms with Crippen LogP contribution in [0.5, 0.6) is 0 Å². The molecule has 0 saturated heterocycles. The number of halogens is 1. The van der Waals surface area contributed by atoms with Crippen LogP contribution in [0.4, 0.5) is 0 Å². The van der Waals surface area contributed by atoms with E-state index in [1.165, 1.54) is 20.5 Å². The third-order valence-electron chi connectivity index (χ3n) is 1.77. The lowest BCUT2D eigenvalue weighted by molar-refractivity contribution is 1.08. The van der Waals surface area contributed by atoms with Gasteiger partial charge in [0.15, 0.2) is 0 Å². The van der Waals surface area contributed by atoms with E-state index in [0.717, 1.165) is 0 Å². The number of thiophene rings is 2. The normalized spacial score (nSPS) is 10.6. The molecule has 0 aliphatic rings. The van der Waals surface area contributed by atoms with Crippen LogP contribution in [0.15, 0.2) is 26.7 Å². The largest absolute Gasteiger partial charge is 0.326 e. The highest BCUT2D eigenvalue weighted by atomic mass is 79.9. The SMILES string of the molecule is NCc1csc(-c2cscc2Br)c1. The van der Waals surface area contributed by atoms with Crippen molar-refractivity contribution < 1.29 is 0 Å². The van der Waals surface area contributed by atoms with Crippen LogP contribution in [0.25, 0.3) is 10.4 Å². The zero-order valence-electron chi connectivity index (χ0n) is 6.79. The maximum atomic E-state index is 5.55. The Morgan fingerprint density at radius 3 is 2.69 bits per heavy atom. The average molecular weight is 274 g/mol. The highest BCUT2D eigenvalue weighted by Gasteiger charge is 2.06. The Balaban J connectivity index is 2.41. The van der Waals surface area contributed by atoms with Crippen LogP contribution in [-0.4, -0.2) is 0 Å². The molecule has 2 aromatic heterocycles. The first-order valence-corrected chi connectivity index (χ1v) is 6.42. The van der Waals surface area contributed by atoms with Crippen molar-refractivity contribution in [3.05, 3.63) is 32.2 Å². The lowest BCUT2D eigenvalue weighted by Crippen LogP contribution is -1.92. The molecule has 2 N–H and O–H groups in total. The van der Waals surface area contributed by atoms with Gasteiger partial charge in [-0.25, -0.2) is 0 Å². The van der Waals surface area contributed by atoms with Gasteiger partial charge in [-0.05, 0) is 32.9 Å². The smallest absolute Gasteiger partial charge is 0.0368 e. The highest BCUT2D eigenvalue weighted by Crippen LogP contribution is 2.35. The van der Waals surface area contributed by atoms with E-state index in [-0.39, 0.29) is 0 Å². The van der Waals surface area contributed by atoms with Crippen LogP contribution in [0.3, 0.4) is 0 Å². The van der Waals surface area contributed by atoms with Gasteiger partial charge in [-0.3, -0.25) is 0 Å². The van der Waals surface area contributed by atoms with Crippen LogP contribution in [0.1, 0.15) is 5.56 Å². The third-order valence-corrected chi connectivity index (χ3v) is 4.48. The van der Waals surface area contributed by atoms with Crippen molar-refractivity contribution in [1.82, 2.24) is 0 Å². The molecule has 2 aromatic rings. The summed E-state index contributed by atoms with van der Waals surface area (Å²) in [5.74, 6) is 0. The first-order valence-electron chi connectivity index (χ1n) is 3.81. The maximum absolute atomic E-state index is 5.55. The van der Waals surface area contributed by atoms with Gasteiger partial charge in [0, 0.05) is 32.2 Å². The van der Waals surface area contributed by atoms with Crippen molar-refractivity contribution in [3.63, 3.8) is 0 Å². The van der Waals surface area contributed by atoms with Gasteiger partial charge >= 0.3 is 0 Å². The Hall–Kier alpha value is -0.160. The molecule has 0 amide bonds. The van der Waals surface area contributed by atoms with E-state index >= 15 is 0 Å². The van der Waals surface area contributed by atoms with Gasteiger partial charge in [-0.1, -0.05) is 0 Å². The molecular formula is C9H8BrNS2. The standard InChI is InChI=1S/C9H8BrNS2/c10-8-5-12-4-7(8)9-1-6(2-11)3-13-9/h1,3-5H,2,11H2. The van der Waals surface area contributed by atoms with Crippen LogP contribution in [-0.2, 0) is 6.54 Å². The second-order valence-corrected chi connectivity index (χ2v) is 5.17. The topological polar surface area (TPSA) is 26.0 Å². The van der Waals surface area contributed by atoms with E-state index < -0.39 is 0 Å². The first-order chi connectivity index (χ1) is 6.31. The second kappa shape index (κ2) is 3.92. The van der Waals surface area contributed by atoms with E-state index in [2.05, 4.69) is 38.1 Å². The molecule has 2 rings (SSSR count). The zero-order valence-corrected chi connectivity index (χ0v) is 10.0. The van der Waals surface area contributed by atoms with E-state index in [1.54, 1.807) is 22.7 Å². The van der Waals surface area contributed by atoms with E-state index in [9.17, 15) is 0 Å². The molecular weight excluding hydrogens is 266 g/mol. The number of nitrogens with two attached hydrogens (primary N) is 1. The summed E-state index contributed by atoms with van der Waals surface area (Å²) in [6, 6.07) is 2.15. The molecule has 0 saturated carbocycles. The number of hydrogen-bond donors (Lipinski definition) is 1. The Labute approximate surface area is 93.3 Å². The molecule has 0 fully saturated rings. The molecule has 0 radical (unpaired) electrons. The Bertz CT molecular complexity index is 405. The summed E-state index contributed by atoms with van der Waals surface area (Å²) < 4.78 is 1.17. The van der Waals surface area contributed by atoms with Crippen LogP contribution in [0, 0.1) is 0 Å². The van der Waals surface area contributed by atoms with Crippen molar-refractivity contribution in [2.45, 2.75) is 6.54 Å². The summed E-state index contributed by atoms with van der Waals surface area (Å²) in [4.78, 5) is 1.29. The van der Waals surface area contributed by atoms with E-state index in [4.69, 9.17) is 5.73 Å². The summed E-state index contributed by atoms with van der Waals surface area (Å²) in [7, 11) is 0. The molecule has 13 heavy (non-hydrogen) atoms. The van der Waals surface area contributed by atoms with Crippen LogP contribution >= 0.6 is 38.6 Å². The molecule has 68 valence electrons. The minimum Gasteiger partial charge on any atom is -0.326 e. The fourth-order valence-electron chi connectivity index (χ4n) is 1.08. The predicted octanol–water partition coefficient (Wildman–Crippen LogP) is 3.70. The fraction of sp³-hybridized carbons (Fsp3) is 0.111. The Morgan fingerprint density at radius 2 is 2.15 bits per heavy atom. The van der Waals surface area contributed by atoms with Gasteiger partial charge < -0.3 is 5.73 Å². The molecule has 0 aliphatic heterocycles. The van der Waals surface area contributed by atoms with Crippen molar-refractivity contribution >= 4 is 38.6 Å². The van der Waals surface area contributed by atoms with Gasteiger partial charge in [0.1, 0.15) is 0 Å². The number of rotatable bonds is 2. The highest BCUT2D eigenvalue weighted by molar-refractivity contribution is 9.10. The monoisotopic (exact) mass is 273 g/mol. The molecule has 1 nitrogen and oxygen atoms in total. The second-order valence-electron chi connectivity index (χ2n) is 2.66. The van der Waals surface area contributed by atoms with E-state index in [1.807, 2.05) is 0 Å². The molecule has 0 atom stereocenters. The van der Waals surface area contributed by atoms with Crippen molar-refractivity contribution in [3.8, 4) is 10.4 Å². The molecule has 0 aromatic carbocycles. The van der Waals surface area contributed by atoms with Crippen LogP contribution < -0.4 is 5.73 Å². The summed E-state index contributed by atoms with van der Waals surface area (Å²) >= 11 is 6.97.